The van der Waals surface area contributed by atoms with Crippen LogP contribution in [-0.4, -0.2) is 27.3 Å². The Labute approximate surface area is 152 Å². The van der Waals surface area contributed by atoms with E-state index >= 15 is 0 Å². The number of hydrazone groups is 1. The molecule has 0 atom stereocenters. The fourth-order valence-electron chi connectivity index (χ4n) is 2.55. The molecule has 3 rings (SSSR count). The Morgan fingerprint density at radius 3 is 2.77 bits per heavy atom. The van der Waals surface area contributed by atoms with Crippen molar-refractivity contribution < 1.29 is 4.79 Å². The van der Waals surface area contributed by atoms with Gasteiger partial charge in [0.15, 0.2) is 0 Å². The van der Waals surface area contributed by atoms with Gasteiger partial charge in [-0.05, 0) is 30.0 Å². The average Bonchev–Trinajstić information content (AvgIpc) is 3.13. The lowest BCUT2D eigenvalue weighted by Crippen LogP contribution is -2.18. The van der Waals surface area contributed by atoms with Crippen LogP contribution in [0.5, 0.6) is 0 Å². The highest BCUT2D eigenvalue weighted by Crippen LogP contribution is 2.19. The molecule has 2 heterocycles. The third kappa shape index (κ3) is 4.63. The number of carbonyl (C=O) groups is 1. The molecule has 0 radical (unpaired) electrons. The zero-order chi connectivity index (χ0) is 18.4. The number of aromatic nitrogens is 3. The summed E-state index contributed by atoms with van der Waals surface area (Å²) in [5.41, 5.74) is 6.62. The minimum atomic E-state index is -0.347. The molecule has 6 heteroatoms. The number of nitrogens with one attached hydrogen (secondary N) is 2. The van der Waals surface area contributed by atoms with E-state index in [0.29, 0.717) is 11.6 Å². The van der Waals surface area contributed by atoms with Crippen LogP contribution in [0, 0.1) is 5.92 Å². The first-order valence-electron chi connectivity index (χ1n) is 8.50. The molecule has 0 aliphatic rings. The minimum Gasteiger partial charge on any atom is -0.272 e. The van der Waals surface area contributed by atoms with Gasteiger partial charge in [0.2, 0.25) is 0 Å². The Morgan fingerprint density at radius 1 is 1.27 bits per heavy atom. The number of carbonyl (C=O) groups excluding carboxylic acids is 1. The lowest BCUT2D eigenvalue weighted by molar-refractivity contribution is 0.0950. The van der Waals surface area contributed by atoms with Crippen molar-refractivity contribution in [2.45, 2.75) is 20.3 Å². The van der Waals surface area contributed by atoms with E-state index in [-0.39, 0.29) is 5.91 Å². The zero-order valence-electron chi connectivity index (χ0n) is 14.8. The number of hydrogen-bond acceptors (Lipinski definition) is 4. The Kier molecular flexibility index (Phi) is 5.53. The number of benzene rings is 1. The fraction of sp³-hybridized carbons (Fsp3) is 0.200. The number of amides is 1. The maximum atomic E-state index is 12.1. The predicted molar refractivity (Wildman–Crippen MR) is 102 cm³/mol. The highest BCUT2D eigenvalue weighted by Gasteiger charge is 2.10. The normalized spacial score (nSPS) is 11.2. The highest BCUT2D eigenvalue weighted by atomic mass is 16.2. The molecule has 0 aliphatic heterocycles. The number of H-pyrrole nitrogens is 1. The van der Waals surface area contributed by atoms with Crippen molar-refractivity contribution in [1.29, 1.82) is 0 Å². The van der Waals surface area contributed by atoms with Gasteiger partial charge in [0.05, 0.1) is 11.9 Å². The van der Waals surface area contributed by atoms with Gasteiger partial charge in [-0.25, -0.2) is 5.43 Å². The lowest BCUT2D eigenvalue weighted by Gasteiger charge is -2.05. The number of aromatic amines is 1. The van der Waals surface area contributed by atoms with Gasteiger partial charge in [-0.2, -0.15) is 10.2 Å². The molecule has 6 nitrogen and oxygen atoms in total. The zero-order valence-corrected chi connectivity index (χ0v) is 14.8. The summed E-state index contributed by atoms with van der Waals surface area (Å²) in [7, 11) is 0. The molecule has 0 fully saturated rings. The third-order valence-corrected chi connectivity index (χ3v) is 3.78. The van der Waals surface area contributed by atoms with Crippen molar-refractivity contribution in [3.05, 3.63) is 71.7 Å². The van der Waals surface area contributed by atoms with Crippen molar-refractivity contribution >= 4 is 12.1 Å². The topological polar surface area (TPSA) is 83.0 Å². The molecule has 0 spiro atoms. The molecule has 26 heavy (non-hydrogen) atoms. The predicted octanol–water partition coefficient (Wildman–Crippen LogP) is 3.43. The molecule has 2 N–H and O–H groups in total. The molecule has 1 amide bonds. The molecule has 0 unspecified atom stereocenters. The average molecular weight is 347 g/mol. The van der Waals surface area contributed by atoms with E-state index in [1.165, 1.54) is 11.8 Å². The smallest absolute Gasteiger partial charge is 0.272 e. The van der Waals surface area contributed by atoms with Crippen LogP contribution in [0.15, 0.2) is 60.0 Å². The molecular weight excluding hydrogens is 326 g/mol. The molecule has 132 valence electrons. The van der Waals surface area contributed by atoms with E-state index in [1.54, 1.807) is 24.5 Å². The van der Waals surface area contributed by atoms with Crippen molar-refractivity contribution in [3.63, 3.8) is 0 Å². The summed E-state index contributed by atoms with van der Waals surface area (Å²) < 4.78 is 0. The first-order valence-corrected chi connectivity index (χ1v) is 8.50. The number of hydrogen-bond donors (Lipinski definition) is 2. The minimum absolute atomic E-state index is 0.347. The van der Waals surface area contributed by atoms with Gasteiger partial charge in [0, 0.05) is 23.5 Å². The maximum Gasteiger partial charge on any atom is 0.289 e. The van der Waals surface area contributed by atoms with Crippen molar-refractivity contribution in [2.24, 2.45) is 11.0 Å². The first kappa shape index (κ1) is 17.5. The summed E-state index contributed by atoms with van der Waals surface area (Å²) in [5, 5.41) is 10.9. The van der Waals surface area contributed by atoms with Crippen LogP contribution in [0.25, 0.3) is 11.3 Å². The van der Waals surface area contributed by atoms with E-state index in [4.69, 9.17) is 0 Å². The molecule has 0 saturated heterocycles. The highest BCUT2D eigenvalue weighted by molar-refractivity contribution is 5.94. The summed E-state index contributed by atoms with van der Waals surface area (Å²) in [6.07, 6.45) is 5.92. The van der Waals surface area contributed by atoms with Crippen LogP contribution in [-0.2, 0) is 6.42 Å². The molecule has 2 aromatic heterocycles. The van der Waals surface area contributed by atoms with Crippen LogP contribution >= 0.6 is 0 Å². The summed E-state index contributed by atoms with van der Waals surface area (Å²) in [6, 6.07) is 13.6. The number of pyridine rings is 1. The Bertz CT molecular complexity index is 882. The van der Waals surface area contributed by atoms with Crippen LogP contribution in [0.1, 0.15) is 35.5 Å². The van der Waals surface area contributed by atoms with Gasteiger partial charge in [0.25, 0.3) is 5.91 Å². The SMILES string of the molecule is CC(C)Cc1ccc(-c2cc(C(=O)NN=Cc3cccnc3)[nH]n2)cc1. The maximum absolute atomic E-state index is 12.1. The molecular formula is C20H21N5O. The quantitative estimate of drug-likeness (QED) is 0.529. The summed E-state index contributed by atoms with van der Waals surface area (Å²) in [5.74, 6) is 0.272. The molecule has 3 aromatic rings. The van der Waals surface area contributed by atoms with Gasteiger partial charge in [0.1, 0.15) is 5.69 Å². The van der Waals surface area contributed by atoms with Crippen LogP contribution in [0.3, 0.4) is 0 Å². The fourth-order valence-corrected chi connectivity index (χ4v) is 2.55. The van der Waals surface area contributed by atoms with E-state index in [1.807, 2.05) is 18.2 Å². The van der Waals surface area contributed by atoms with Crippen LogP contribution in [0.4, 0.5) is 0 Å². The number of rotatable bonds is 6. The molecule has 0 aliphatic carbocycles. The summed E-state index contributed by atoms with van der Waals surface area (Å²) >= 11 is 0. The summed E-state index contributed by atoms with van der Waals surface area (Å²) in [6.45, 7) is 4.40. The second kappa shape index (κ2) is 8.20. The van der Waals surface area contributed by atoms with E-state index < -0.39 is 0 Å². The van der Waals surface area contributed by atoms with Gasteiger partial charge >= 0.3 is 0 Å². The molecule has 0 bridgehead atoms. The van der Waals surface area contributed by atoms with Gasteiger partial charge in [-0.15, -0.1) is 0 Å². The van der Waals surface area contributed by atoms with Crippen molar-refractivity contribution in [1.82, 2.24) is 20.6 Å². The van der Waals surface area contributed by atoms with Crippen molar-refractivity contribution in [3.8, 4) is 11.3 Å². The van der Waals surface area contributed by atoms with Crippen molar-refractivity contribution in [2.75, 3.05) is 0 Å². The Hall–Kier alpha value is -3.28. The second-order valence-electron chi connectivity index (χ2n) is 6.45. The van der Waals surface area contributed by atoms with E-state index in [9.17, 15) is 4.79 Å². The van der Waals surface area contributed by atoms with Gasteiger partial charge < -0.3 is 0 Å². The van der Waals surface area contributed by atoms with Crippen LogP contribution < -0.4 is 5.43 Å². The van der Waals surface area contributed by atoms with E-state index in [0.717, 1.165) is 23.2 Å². The molecule has 0 saturated carbocycles. The van der Waals surface area contributed by atoms with Crippen LogP contribution in [0.2, 0.25) is 0 Å². The monoisotopic (exact) mass is 347 g/mol. The Morgan fingerprint density at radius 2 is 2.08 bits per heavy atom. The Balaban J connectivity index is 1.63. The largest absolute Gasteiger partial charge is 0.289 e. The van der Waals surface area contributed by atoms with E-state index in [2.05, 4.69) is 51.7 Å². The number of nitrogens with zero attached hydrogens (tertiary/aromatic N) is 3. The van der Waals surface area contributed by atoms with Gasteiger partial charge in [-0.1, -0.05) is 44.2 Å². The van der Waals surface area contributed by atoms with Gasteiger partial charge in [-0.3, -0.25) is 14.9 Å². The molecule has 1 aromatic carbocycles. The standard InChI is InChI=1S/C20H21N5O/c1-14(2)10-15-5-7-17(8-6-15)18-11-19(24-23-18)20(26)25-22-13-16-4-3-9-21-12-16/h3-9,11-14H,10H2,1-2H3,(H,23,24)(H,25,26). The second-order valence-corrected chi connectivity index (χ2v) is 6.45. The lowest BCUT2D eigenvalue weighted by atomic mass is 10.0. The third-order valence-electron chi connectivity index (χ3n) is 3.78. The summed E-state index contributed by atoms with van der Waals surface area (Å²) in [4.78, 5) is 16.1. The first-order chi connectivity index (χ1) is 12.6.